The van der Waals surface area contributed by atoms with Crippen LogP contribution in [0.15, 0.2) is 47.4 Å². The van der Waals surface area contributed by atoms with Gasteiger partial charge in [0.2, 0.25) is 0 Å². The standard InChI is InChI=1S/C15H15N5O/c1-2-16-14-9-11(7-8-17-14)10-20-15(21)12-5-3-4-6-13(12)18-19-20/h3-9H,2,10H2,1H3,(H,16,17). The highest BCUT2D eigenvalue weighted by molar-refractivity contribution is 5.76. The van der Waals surface area contributed by atoms with Crippen molar-refractivity contribution in [3.8, 4) is 0 Å². The summed E-state index contributed by atoms with van der Waals surface area (Å²) in [5.41, 5.74) is 1.43. The number of fused-ring (bicyclic) bond motifs is 1. The van der Waals surface area contributed by atoms with Crippen molar-refractivity contribution in [1.82, 2.24) is 20.0 Å². The fourth-order valence-electron chi connectivity index (χ4n) is 2.15. The Balaban J connectivity index is 1.96. The highest BCUT2D eigenvalue weighted by Gasteiger charge is 2.06. The van der Waals surface area contributed by atoms with Crippen LogP contribution < -0.4 is 10.9 Å². The van der Waals surface area contributed by atoms with E-state index in [4.69, 9.17) is 0 Å². The van der Waals surface area contributed by atoms with Gasteiger partial charge in [-0.2, -0.15) is 0 Å². The van der Waals surface area contributed by atoms with E-state index >= 15 is 0 Å². The average molecular weight is 281 g/mol. The predicted molar refractivity (Wildman–Crippen MR) is 81.3 cm³/mol. The molecule has 0 saturated carbocycles. The van der Waals surface area contributed by atoms with Gasteiger partial charge in [0, 0.05) is 12.7 Å². The molecule has 3 aromatic rings. The first-order chi connectivity index (χ1) is 10.3. The summed E-state index contributed by atoms with van der Waals surface area (Å²) in [6.45, 7) is 3.18. The molecule has 0 unspecified atom stereocenters. The molecular formula is C15H15N5O. The molecule has 3 rings (SSSR count). The molecule has 0 aliphatic rings. The normalized spacial score (nSPS) is 10.7. The Labute approximate surface area is 121 Å². The summed E-state index contributed by atoms with van der Waals surface area (Å²) in [6.07, 6.45) is 1.72. The zero-order valence-electron chi connectivity index (χ0n) is 11.7. The zero-order chi connectivity index (χ0) is 14.7. The number of pyridine rings is 1. The van der Waals surface area contributed by atoms with Gasteiger partial charge in [-0.05, 0) is 36.8 Å². The molecule has 0 radical (unpaired) electrons. The van der Waals surface area contributed by atoms with Gasteiger partial charge in [0.25, 0.3) is 5.56 Å². The Kier molecular flexibility index (Phi) is 3.59. The van der Waals surface area contributed by atoms with Gasteiger partial charge < -0.3 is 5.32 Å². The fourth-order valence-corrected chi connectivity index (χ4v) is 2.15. The minimum Gasteiger partial charge on any atom is -0.370 e. The largest absolute Gasteiger partial charge is 0.370 e. The smallest absolute Gasteiger partial charge is 0.277 e. The van der Waals surface area contributed by atoms with Crippen molar-refractivity contribution in [2.24, 2.45) is 0 Å². The van der Waals surface area contributed by atoms with Gasteiger partial charge in [-0.3, -0.25) is 4.79 Å². The van der Waals surface area contributed by atoms with Crippen LogP contribution in [0.25, 0.3) is 10.9 Å². The van der Waals surface area contributed by atoms with Crippen molar-refractivity contribution in [2.45, 2.75) is 13.5 Å². The highest BCUT2D eigenvalue weighted by atomic mass is 16.1. The second-order valence-corrected chi connectivity index (χ2v) is 4.65. The lowest BCUT2D eigenvalue weighted by Crippen LogP contribution is -2.24. The number of benzene rings is 1. The molecule has 0 atom stereocenters. The molecule has 0 bridgehead atoms. The van der Waals surface area contributed by atoms with Crippen LogP contribution in [-0.2, 0) is 6.54 Å². The quantitative estimate of drug-likeness (QED) is 0.787. The van der Waals surface area contributed by atoms with Crippen molar-refractivity contribution in [1.29, 1.82) is 0 Å². The monoisotopic (exact) mass is 281 g/mol. The topological polar surface area (TPSA) is 72.7 Å². The molecule has 0 amide bonds. The molecule has 106 valence electrons. The Hall–Kier alpha value is -2.76. The number of anilines is 1. The number of hydrogen-bond donors (Lipinski definition) is 1. The maximum atomic E-state index is 12.4. The third-order valence-electron chi connectivity index (χ3n) is 3.14. The summed E-state index contributed by atoms with van der Waals surface area (Å²) < 4.78 is 1.37. The number of hydrogen-bond acceptors (Lipinski definition) is 5. The van der Waals surface area contributed by atoms with E-state index in [2.05, 4.69) is 20.6 Å². The second kappa shape index (κ2) is 5.70. The van der Waals surface area contributed by atoms with Crippen molar-refractivity contribution in [2.75, 3.05) is 11.9 Å². The molecule has 21 heavy (non-hydrogen) atoms. The van der Waals surface area contributed by atoms with E-state index in [-0.39, 0.29) is 5.56 Å². The van der Waals surface area contributed by atoms with Gasteiger partial charge in [-0.25, -0.2) is 9.67 Å². The molecular weight excluding hydrogens is 266 g/mol. The van der Waals surface area contributed by atoms with Crippen molar-refractivity contribution < 1.29 is 0 Å². The van der Waals surface area contributed by atoms with Crippen molar-refractivity contribution in [3.05, 3.63) is 58.5 Å². The number of nitrogens with zero attached hydrogens (tertiary/aromatic N) is 4. The zero-order valence-corrected chi connectivity index (χ0v) is 11.7. The van der Waals surface area contributed by atoms with Crippen LogP contribution in [-0.4, -0.2) is 26.5 Å². The number of aromatic nitrogens is 4. The second-order valence-electron chi connectivity index (χ2n) is 4.65. The lowest BCUT2D eigenvalue weighted by atomic mass is 10.2. The molecule has 0 aliphatic carbocycles. The SMILES string of the molecule is CCNc1cc(Cn2nnc3ccccc3c2=O)ccn1. The van der Waals surface area contributed by atoms with Gasteiger partial charge in [0.1, 0.15) is 11.3 Å². The molecule has 0 aliphatic heterocycles. The summed E-state index contributed by atoms with van der Waals surface area (Å²) in [5, 5.41) is 11.8. The Morgan fingerprint density at radius 1 is 1.24 bits per heavy atom. The van der Waals surface area contributed by atoms with Gasteiger partial charge in [-0.1, -0.05) is 17.3 Å². The maximum Gasteiger partial charge on any atom is 0.277 e. The van der Waals surface area contributed by atoms with E-state index in [0.717, 1.165) is 17.9 Å². The predicted octanol–water partition coefficient (Wildman–Crippen LogP) is 1.67. The van der Waals surface area contributed by atoms with Crippen LogP contribution in [0.4, 0.5) is 5.82 Å². The van der Waals surface area contributed by atoms with Crippen LogP contribution in [0.3, 0.4) is 0 Å². The first-order valence-corrected chi connectivity index (χ1v) is 6.79. The first kappa shape index (κ1) is 13.2. The summed E-state index contributed by atoms with van der Waals surface area (Å²) in [5.74, 6) is 0.789. The molecule has 2 aromatic heterocycles. The van der Waals surface area contributed by atoms with E-state index in [1.54, 1.807) is 18.3 Å². The van der Waals surface area contributed by atoms with Gasteiger partial charge in [-0.15, -0.1) is 5.10 Å². The van der Waals surface area contributed by atoms with Crippen LogP contribution in [0.5, 0.6) is 0 Å². The van der Waals surface area contributed by atoms with Crippen molar-refractivity contribution >= 4 is 16.7 Å². The average Bonchev–Trinajstić information content (AvgIpc) is 2.51. The lowest BCUT2D eigenvalue weighted by molar-refractivity contribution is 0.600. The maximum absolute atomic E-state index is 12.4. The van der Waals surface area contributed by atoms with Crippen LogP contribution >= 0.6 is 0 Å². The Morgan fingerprint density at radius 3 is 2.95 bits per heavy atom. The minimum atomic E-state index is -0.137. The fraction of sp³-hybridized carbons (Fsp3) is 0.200. The number of nitrogens with one attached hydrogen (secondary N) is 1. The Bertz CT molecular complexity index is 827. The summed E-state index contributed by atoms with van der Waals surface area (Å²) >= 11 is 0. The van der Waals surface area contributed by atoms with Crippen LogP contribution in [0.2, 0.25) is 0 Å². The van der Waals surface area contributed by atoms with Crippen LogP contribution in [0.1, 0.15) is 12.5 Å². The molecule has 0 spiro atoms. The third-order valence-corrected chi connectivity index (χ3v) is 3.14. The van der Waals surface area contributed by atoms with E-state index in [0.29, 0.717) is 17.4 Å². The Morgan fingerprint density at radius 2 is 2.10 bits per heavy atom. The van der Waals surface area contributed by atoms with Gasteiger partial charge in [0.05, 0.1) is 11.9 Å². The van der Waals surface area contributed by atoms with E-state index < -0.39 is 0 Å². The molecule has 0 fully saturated rings. The van der Waals surface area contributed by atoms with Crippen molar-refractivity contribution in [3.63, 3.8) is 0 Å². The van der Waals surface area contributed by atoms with Gasteiger partial charge in [0.15, 0.2) is 0 Å². The van der Waals surface area contributed by atoms with E-state index in [1.165, 1.54) is 4.68 Å². The summed E-state index contributed by atoms with van der Waals surface area (Å²) in [4.78, 5) is 16.6. The molecule has 2 heterocycles. The highest BCUT2D eigenvalue weighted by Crippen LogP contribution is 2.08. The summed E-state index contributed by atoms with van der Waals surface area (Å²) in [6, 6.07) is 11.0. The first-order valence-electron chi connectivity index (χ1n) is 6.79. The minimum absolute atomic E-state index is 0.137. The van der Waals surface area contributed by atoms with Crippen LogP contribution in [0, 0.1) is 0 Å². The van der Waals surface area contributed by atoms with Gasteiger partial charge >= 0.3 is 0 Å². The number of rotatable bonds is 4. The third kappa shape index (κ3) is 2.74. The molecule has 6 heteroatoms. The lowest BCUT2D eigenvalue weighted by Gasteiger charge is -2.07. The van der Waals surface area contributed by atoms with E-state index in [1.807, 2.05) is 31.2 Å². The molecule has 1 N–H and O–H groups in total. The summed E-state index contributed by atoms with van der Waals surface area (Å²) in [7, 11) is 0. The molecule has 1 aromatic carbocycles. The van der Waals surface area contributed by atoms with E-state index in [9.17, 15) is 4.79 Å². The molecule has 6 nitrogen and oxygen atoms in total. The molecule has 0 saturated heterocycles.